The van der Waals surface area contributed by atoms with Crippen LogP contribution in [0.4, 0.5) is 0 Å². The van der Waals surface area contributed by atoms with Gasteiger partial charge in [0, 0.05) is 11.5 Å². The third-order valence-corrected chi connectivity index (χ3v) is 2.68. The quantitative estimate of drug-likeness (QED) is 0.848. The van der Waals surface area contributed by atoms with E-state index in [-0.39, 0.29) is 24.7 Å². The molecule has 0 atom stereocenters. The number of ether oxygens (including phenoxy) is 1. The highest BCUT2D eigenvalue weighted by atomic mass is 79.9. The van der Waals surface area contributed by atoms with Gasteiger partial charge >= 0.3 is 0 Å². The first-order valence-electron chi connectivity index (χ1n) is 5.18. The van der Waals surface area contributed by atoms with Crippen molar-refractivity contribution in [3.63, 3.8) is 0 Å². The van der Waals surface area contributed by atoms with E-state index in [1.807, 2.05) is 0 Å². The molecule has 0 aliphatic rings. The van der Waals surface area contributed by atoms with Crippen molar-refractivity contribution in [1.82, 2.24) is 5.32 Å². The molecule has 0 bridgehead atoms. The number of rotatable bonds is 5. The van der Waals surface area contributed by atoms with Crippen molar-refractivity contribution in [2.75, 3.05) is 13.7 Å². The van der Waals surface area contributed by atoms with Gasteiger partial charge in [0.15, 0.2) is 5.78 Å². The highest BCUT2D eigenvalue weighted by Crippen LogP contribution is 2.24. The Morgan fingerprint density at radius 2 is 2.12 bits per heavy atom. The van der Waals surface area contributed by atoms with Crippen LogP contribution in [0.1, 0.15) is 23.7 Å². The molecule has 0 saturated heterocycles. The molecule has 4 nitrogen and oxygen atoms in total. The fourth-order valence-electron chi connectivity index (χ4n) is 1.29. The van der Waals surface area contributed by atoms with Crippen molar-refractivity contribution in [1.29, 1.82) is 0 Å². The van der Waals surface area contributed by atoms with Gasteiger partial charge in [0.25, 0.3) is 0 Å². The Kier molecular flexibility index (Phi) is 5.15. The fourth-order valence-corrected chi connectivity index (χ4v) is 1.63. The molecular weight excluding hydrogens is 286 g/mol. The molecule has 92 valence electrons. The van der Waals surface area contributed by atoms with Gasteiger partial charge in [-0.3, -0.25) is 9.59 Å². The molecule has 0 aliphatic carbocycles. The number of amides is 1. The molecule has 0 fully saturated rings. The number of benzene rings is 1. The average molecular weight is 300 g/mol. The smallest absolute Gasteiger partial charge is 0.223 e. The van der Waals surface area contributed by atoms with Crippen molar-refractivity contribution < 1.29 is 14.3 Å². The Hall–Kier alpha value is -1.36. The molecule has 0 radical (unpaired) electrons. The molecule has 0 unspecified atom stereocenters. The average Bonchev–Trinajstić information content (AvgIpc) is 2.28. The van der Waals surface area contributed by atoms with E-state index in [2.05, 4.69) is 21.2 Å². The van der Waals surface area contributed by atoms with Crippen LogP contribution >= 0.6 is 15.9 Å². The Morgan fingerprint density at radius 3 is 2.71 bits per heavy atom. The van der Waals surface area contributed by atoms with Gasteiger partial charge in [-0.25, -0.2) is 0 Å². The first-order valence-corrected chi connectivity index (χ1v) is 5.97. The first-order chi connectivity index (χ1) is 8.04. The minimum Gasteiger partial charge on any atom is -0.492 e. The summed E-state index contributed by atoms with van der Waals surface area (Å²) < 4.78 is 6.27. The van der Waals surface area contributed by atoms with Gasteiger partial charge in [-0.1, -0.05) is 15.9 Å². The van der Waals surface area contributed by atoms with Gasteiger partial charge in [-0.2, -0.15) is 0 Å². The second kappa shape index (κ2) is 6.39. The summed E-state index contributed by atoms with van der Waals surface area (Å²) >= 11 is 3.31. The van der Waals surface area contributed by atoms with Crippen LogP contribution in [-0.2, 0) is 4.79 Å². The number of hydrogen-bond donors (Lipinski definition) is 1. The summed E-state index contributed by atoms with van der Waals surface area (Å²) in [4.78, 5) is 22.4. The van der Waals surface area contributed by atoms with Crippen molar-refractivity contribution in [2.45, 2.75) is 13.3 Å². The summed E-state index contributed by atoms with van der Waals surface area (Å²) in [5.74, 6) is 0.340. The summed E-state index contributed by atoms with van der Waals surface area (Å²) in [6.45, 7) is 1.73. The molecule has 17 heavy (non-hydrogen) atoms. The van der Waals surface area contributed by atoms with Crippen molar-refractivity contribution >= 4 is 27.6 Å². The van der Waals surface area contributed by atoms with Crippen LogP contribution in [0.2, 0.25) is 0 Å². The van der Waals surface area contributed by atoms with Crippen molar-refractivity contribution in [2.24, 2.45) is 0 Å². The number of carbonyl (C=O) groups is 2. The molecular formula is C12H14BrNO3. The molecule has 0 saturated carbocycles. The number of nitrogens with one attached hydrogen (secondary N) is 1. The lowest BCUT2D eigenvalue weighted by Crippen LogP contribution is -2.20. The molecule has 1 amide bonds. The van der Waals surface area contributed by atoms with E-state index in [1.54, 1.807) is 25.2 Å². The lowest BCUT2D eigenvalue weighted by atomic mass is 10.1. The maximum atomic E-state index is 11.4. The van der Waals surface area contributed by atoms with Gasteiger partial charge < -0.3 is 10.1 Å². The number of halogens is 1. The minimum atomic E-state index is -0.0932. The van der Waals surface area contributed by atoms with Crippen LogP contribution in [0.3, 0.4) is 0 Å². The van der Waals surface area contributed by atoms with Crippen LogP contribution in [0.25, 0.3) is 0 Å². The molecule has 1 rings (SSSR count). The molecule has 1 aromatic rings. The van der Waals surface area contributed by atoms with Crippen LogP contribution in [0.15, 0.2) is 22.7 Å². The Bertz CT molecular complexity index is 432. The summed E-state index contributed by atoms with van der Waals surface area (Å²) in [7, 11) is 1.57. The summed E-state index contributed by atoms with van der Waals surface area (Å²) in [6, 6.07) is 5.20. The molecule has 0 aliphatic heterocycles. The standard InChI is InChI=1S/C12H14BrNO3/c1-8(15)10-4-3-9(13)7-11(10)17-6-5-12(16)14-2/h3-4,7H,5-6H2,1-2H3,(H,14,16). The van der Waals surface area contributed by atoms with E-state index in [0.717, 1.165) is 4.47 Å². The van der Waals surface area contributed by atoms with Gasteiger partial charge in [0.1, 0.15) is 5.75 Å². The molecule has 1 aromatic carbocycles. The van der Waals surface area contributed by atoms with Crippen LogP contribution in [-0.4, -0.2) is 25.3 Å². The second-order valence-electron chi connectivity index (χ2n) is 3.47. The maximum absolute atomic E-state index is 11.4. The molecule has 1 N–H and O–H groups in total. The second-order valence-corrected chi connectivity index (χ2v) is 4.38. The minimum absolute atomic E-state index is 0.0626. The third-order valence-electron chi connectivity index (χ3n) is 2.19. The van der Waals surface area contributed by atoms with Gasteiger partial charge in [-0.05, 0) is 25.1 Å². The topological polar surface area (TPSA) is 55.4 Å². The predicted octanol–water partition coefficient (Wildman–Crippen LogP) is 2.17. The summed E-state index contributed by atoms with van der Waals surface area (Å²) in [5, 5.41) is 2.50. The monoisotopic (exact) mass is 299 g/mol. The third kappa shape index (κ3) is 4.19. The Labute approximate surface area is 108 Å². The zero-order chi connectivity index (χ0) is 12.8. The SMILES string of the molecule is CNC(=O)CCOc1cc(Br)ccc1C(C)=O. The predicted molar refractivity (Wildman–Crippen MR) is 68.3 cm³/mol. The molecule has 5 heteroatoms. The largest absolute Gasteiger partial charge is 0.492 e. The molecule has 0 aromatic heterocycles. The summed E-state index contributed by atoms with van der Waals surface area (Å²) in [6.07, 6.45) is 0.264. The van der Waals surface area contributed by atoms with Crippen LogP contribution < -0.4 is 10.1 Å². The van der Waals surface area contributed by atoms with E-state index >= 15 is 0 Å². The summed E-state index contributed by atoms with van der Waals surface area (Å²) in [5.41, 5.74) is 0.519. The van der Waals surface area contributed by atoms with Crippen molar-refractivity contribution in [3.8, 4) is 5.75 Å². The van der Waals surface area contributed by atoms with E-state index in [9.17, 15) is 9.59 Å². The van der Waals surface area contributed by atoms with Crippen molar-refractivity contribution in [3.05, 3.63) is 28.2 Å². The fraction of sp³-hybridized carbons (Fsp3) is 0.333. The van der Waals surface area contributed by atoms with E-state index in [4.69, 9.17) is 4.74 Å². The zero-order valence-electron chi connectivity index (χ0n) is 9.75. The first kappa shape index (κ1) is 13.7. The van der Waals surface area contributed by atoms with Gasteiger partial charge in [0.2, 0.25) is 5.91 Å². The van der Waals surface area contributed by atoms with E-state index in [1.165, 1.54) is 6.92 Å². The number of hydrogen-bond acceptors (Lipinski definition) is 3. The Balaban J connectivity index is 2.72. The van der Waals surface area contributed by atoms with Gasteiger partial charge in [-0.15, -0.1) is 0 Å². The highest BCUT2D eigenvalue weighted by Gasteiger charge is 2.09. The Morgan fingerprint density at radius 1 is 1.41 bits per heavy atom. The lowest BCUT2D eigenvalue weighted by Gasteiger charge is -2.09. The number of Topliss-reactive ketones (excluding diaryl/α,β-unsaturated/α-hetero) is 1. The number of carbonyl (C=O) groups excluding carboxylic acids is 2. The molecule has 0 spiro atoms. The zero-order valence-corrected chi connectivity index (χ0v) is 11.3. The maximum Gasteiger partial charge on any atom is 0.223 e. The number of ketones is 1. The van der Waals surface area contributed by atoms with Gasteiger partial charge in [0.05, 0.1) is 18.6 Å². The van der Waals surface area contributed by atoms with Crippen LogP contribution in [0, 0.1) is 0 Å². The van der Waals surface area contributed by atoms with Crippen LogP contribution in [0.5, 0.6) is 5.75 Å². The highest BCUT2D eigenvalue weighted by molar-refractivity contribution is 9.10. The lowest BCUT2D eigenvalue weighted by molar-refractivity contribution is -0.121. The van der Waals surface area contributed by atoms with E-state index in [0.29, 0.717) is 11.3 Å². The van der Waals surface area contributed by atoms with E-state index < -0.39 is 0 Å². The normalized spacial score (nSPS) is 9.82. The molecule has 0 heterocycles.